The third kappa shape index (κ3) is 5.36. The van der Waals surface area contributed by atoms with E-state index < -0.39 is 5.54 Å². The number of methoxy groups -OCH3 is 1. The predicted molar refractivity (Wildman–Crippen MR) is 143 cm³/mol. The number of nitrogens with zero attached hydrogens (tertiary/aromatic N) is 6. The van der Waals surface area contributed by atoms with E-state index in [1.54, 1.807) is 7.11 Å². The molecule has 4 N–H and O–H groups in total. The van der Waals surface area contributed by atoms with Crippen molar-refractivity contribution in [3.63, 3.8) is 0 Å². The summed E-state index contributed by atoms with van der Waals surface area (Å²) in [5.41, 5.74) is 16.6. The lowest BCUT2D eigenvalue weighted by Crippen LogP contribution is -2.40. The summed E-state index contributed by atoms with van der Waals surface area (Å²) in [4.78, 5) is 21.9. The molecular weight excluding hydrogens is 464 g/mol. The first kappa shape index (κ1) is 26.7. The zero-order valence-electron chi connectivity index (χ0n) is 21.6. The molecule has 2 aromatic heterocycles. The number of nitrogen functional groups attached to an aromatic ring is 1. The molecule has 0 amide bonds. The van der Waals surface area contributed by atoms with Gasteiger partial charge in [-0.25, -0.2) is 4.98 Å². The lowest BCUT2D eigenvalue weighted by molar-refractivity contribution is 0.393. The molecule has 0 saturated carbocycles. The molecule has 0 radical (unpaired) electrons. The summed E-state index contributed by atoms with van der Waals surface area (Å²) in [6.07, 6.45) is 5.35. The number of pyridine rings is 1. The van der Waals surface area contributed by atoms with Gasteiger partial charge in [-0.05, 0) is 33.4 Å². The van der Waals surface area contributed by atoms with Gasteiger partial charge in [0.25, 0.3) is 0 Å². The third-order valence-electron chi connectivity index (χ3n) is 6.93. The molecule has 1 aliphatic rings. The molecule has 9 nitrogen and oxygen atoms in total. The minimum Gasteiger partial charge on any atom is -0.496 e. The molecule has 3 rings (SSSR count). The van der Waals surface area contributed by atoms with Crippen LogP contribution in [0.3, 0.4) is 0 Å². The van der Waals surface area contributed by atoms with Gasteiger partial charge in [0.05, 0.1) is 30.6 Å². The van der Waals surface area contributed by atoms with E-state index >= 15 is 0 Å². The van der Waals surface area contributed by atoms with E-state index in [4.69, 9.17) is 27.8 Å². The maximum atomic E-state index is 6.60. The van der Waals surface area contributed by atoms with E-state index in [1.165, 1.54) is 0 Å². The topological polar surface area (TPSA) is 119 Å². The number of hydrogen-bond acceptors (Lipinski definition) is 9. The van der Waals surface area contributed by atoms with Crippen LogP contribution in [0, 0.1) is 13.8 Å². The summed E-state index contributed by atoms with van der Waals surface area (Å²) in [6, 6.07) is 0. The van der Waals surface area contributed by atoms with E-state index in [2.05, 4.69) is 50.3 Å². The van der Waals surface area contributed by atoms with Gasteiger partial charge in [0, 0.05) is 55.1 Å². The average Bonchev–Trinajstić information content (AvgIpc) is 3.15. The molecule has 2 aromatic rings. The van der Waals surface area contributed by atoms with Gasteiger partial charge < -0.3 is 26.0 Å². The highest BCUT2D eigenvalue weighted by molar-refractivity contribution is 6.30. The highest BCUT2D eigenvalue weighted by atomic mass is 35.5. The molecule has 1 aliphatic heterocycles. The summed E-state index contributed by atoms with van der Waals surface area (Å²) in [5.74, 6) is 1.78. The van der Waals surface area contributed by atoms with Crippen molar-refractivity contribution in [2.45, 2.75) is 58.5 Å². The molecule has 0 spiro atoms. The van der Waals surface area contributed by atoms with E-state index in [-0.39, 0.29) is 11.9 Å². The first-order valence-corrected chi connectivity index (χ1v) is 12.2. The largest absolute Gasteiger partial charge is 0.496 e. The monoisotopic (exact) mass is 500 g/mol. The quantitative estimate of drug-likeness (QED) is 0.373. The number of halogens is 1. The summed E-state index contributed by atoms with van der Waals surface area (Å²) >= 11 is 6.60. The zero-order chi connectivity index (χ0) is 25.9. The number of aromatic nitrogens is 3. The predicted octanol–water partition coefficient (Wildman–Crippen LogP) is 3.83. The Morgan fingerprint density at radius 2 is 2.06 bits per heavy atom. The number of hydrogen-bond donors (Lipinski definition) is 2. The van der Waals surface area contributed by atoms with Crippen LogP contribution in [0.4, 0.5) is 11.8 Å². The molecule has 0 saturated heterocycles. The number of likely N-dealkylation sites (N-methyl/N-ethyl adjacent to an activating group) is 1. The standard InChI is InChI=1S/C25H37ClN8O/c1-8-25(28,9-2)19(29-5)14-33(6)11-17-12-34(23-20(17)22(26)31-24(27)32-23)13-18-16(4)21(35-7)15(3)10-30-18/h10,14,17H,5,8-9,11-13,28H2,1-4,6-7H3,(H2,27,31,32)/b19-14-. The van der Waals surface area contributed by atoms with Crippen LogP contribution in [-0.4, -0.2) is 59.4 Å². The van der Waals surface area contributed by atoms with Crippen LogP contribution >= 0.6 is 11.6 Å². The molecule has 0 aliphatic carbocycles. The van der Waals surface area contributed by atoms with Gasteiger partial charge >= 0.3 is 0 Å². The van der Waals surface area contributed by atoms with Crippen LogP contribution in [0.25, 0.3) is 0 Å². The van der Waals surface area contributed by atoms with Crippen LogP contribution in [0.2, 0.25) is 5.15 Å². The normalized spacial score (nSPS) is 15.8. The Hall–Kier alpha value is -2.91. The number of aryl methyl sites for hydroxylation is 1. The van der Waals surface area contributed by atoms with Crippen molar-refractivity contribution in [1.82, 2.24) is 19.9 Å². The van der Waals surface area contributed by atoms with Gasteiger partial charge in [-0.1, -0.05) is 25.4 Å². The van der Waals surface area contributed by atoms with Gasteiger partial charge in [-0.2, -0.15) is 4.98 Å². The molecule has 1 atom stereocenters. The SMILES string of the molecule is C=N/C(=C\N(C)CC1CN(Cc2ncc(C)c(OC)c2C)c2nc(N)nc(Cl)c21)C(N)(CC)CC. The Labute approximate surface area is 213 Å². The number of rotatable bonds is 10. The van der Waals surface area contributed by atoms with Gasteiger partial charge in [0.2, 0.25) is 5.95 Å². The Morgan fingerprint density at radius 3 is 2.66 bits per heavy atom. The highest BCUT2D eigenvalue weighted by Gasteiger charge is 2.35. The summed E-state index contributed by atoms with van der Waals surface area (Å²) in [5, 5.41) is 0.376. The maximum Gasteiger partial charge on any atom is 0.223 e. The van der Waals surface area contributed by atoms with Gasteiger partial charge in [0.15, 0.2) is 0 Å². The lowest BCUT2D eigenvalue weighted by atomic mass is 9.90. The number of ether oxygens (including phenoxy) is 1. The first-order chi connectivity index (χ1) is 16.6. The third-order valence-corrected chi connectivity index (χ3v) is 7.22. The van der Waals surface area contributed by atoms with Gasteiger partial charge in [-0.15, -0.1) is 0 Å². The maximum absolute atomic E-state index is 6.60. The van der Waals surface area contributed by atoms with Crippen molar-refractivity contribution in [2.75, 3.05) is 37.9 Å². The van der Waals surface area contributed by atoms with Crippen LogP contribution in [0.1, 0.15) is 55.0 Å². The molecule has 35 heavy (non-hydrogen) atoms. The van der Waals surface area contributed by atoms with E-state index in [1.807, 2.05) is 33.3 Å². The van der Waals surface area contributed by atoms with Crippen molar-refractivity contribution in [3.05, 3.63) is 45.6 Å². The average molecular weight is 501 g/mol. The highest BCUT2D eigenvalue weighted by Crippen LogP contribution is 2.41. The molecule has 10 heteroatoms. The zero-order valence-corrected chi connectivity index (χ0v) is 22.4. The molecule has 3 heterocycles. The molecule has 190 valence electrons. The second-order valence-corrected chi connectivity index (χ2v) is 9.57. The second kappa shape index (κ2) is 10.8. The number of aliphatic imine (C=N–C) groups is 1. The summed E-state index contributed by atoms with van der Waals surface area (Å²) in [7, 11) is 3.68. The lowest BCUT2D eigenvalue weighted by Gasteiger charge is -2.29. The fourth-order valence-electron chi connectivity index (χ4n) is 4.73. The van der Waals surface area contributed by atoms with Crippen molar-refractivity contribution < 1.29 is 4.74 Å². The molecule has 0 fully saturated rings. The molecule has 0 bridgehead atoms. The fraction of sp³-hybridized carbons (Fsp3) is 0.520. The minimum absolute atomic E-state index is 0.0495. The smallest absolute Gasteiger partial charge is 0.223 e. The van der Waals surface area contributed by atoms with Crippen molar-refractivity contribution in [3.8, 4) is 5.75 Å². The Kier molecular flexibility index (Phi) is 8.22. The van der Waals surface area contributed by atoms with Crippen LogP contribution in [0.5, 0.6) is 5.75 Å². The van der Waals surface area contributed by atoms with Crippen LogP contribution < -0.4 is 21.1 Å². The van der Waals surface area contributed by atoms with Crippen LogP contribution in [0.15, 0.2) is 23.1 Å². The second-order valence-electron chi connectivity index (χ2n) is 9.21. The van der Waals surface area contributed by atoms with E-state index in [0.717, 1.165) is 52.5 Å². The minimum atomic E-state index is -0.515. The number of fused-ring (bicyclic) bond motifs is 1. The summed E-state index contributed by atoms with van der Waals surface area (Å²) in [6.45, 7) is 13.8. The van der Waals surface area contributed by atoms with Gasteiger partial charge in [-0.3, -0.25) is 9.98 Å². The molecular formula is C25H37ClN8O. The fourth-order valence-corrected chi connectivity index (χ4v) is 5.06. The van der Waals surface area contributed by atoms with E-state index in [0.29, 0.717) is 24.8 Å². The Balaban J connectivity index is 1.92. The molecule has 1 unspecified atom stereocenters. The first-order valence-electron chi connectivity index (χ1n) is 11.8. The van der Waals surface area contributed by atoms with Gasteiger partial charge in [0.1, 0.15) is 16.7 Å². The van der Waals surface area contributed by atoms with E-state index in [9.17, 15) is 0 Å². The number of nitrogens with two attached hydrogens (primary N) is 2. The Morgan fingerprint density at radius 1 is 1.37 bits per heavy atom. The summed E-state index contributed by atoms with van der Waals surface area (Å²) < 4.78 is 5.59. The molecule has 0 aromatic carbocycles. The Bertz CT molecular complexity index is 1120. The van der Waals surface area contributed by atoms with Crippen molar-refractivity contribution in [2.24, 2.45) is 10.7 Å². The number of anilines is 2. The van der Waals surface area contributed by atoms with Crippen LogP contribution in [-0.2, 0) is 6.54 Å². The van der Waals surface area contributed by atoms with Crippen molar-refractivity contribution >= 4 is 30.1 Å². The van der Waals surface area contributed by atoms with Crippen molar-refractivity contribution in [1.29, 1.82) is 0 Å².